The van der Waals surface area contributed by atoms with Gasteiger partial charge in [0.2, 0.25) is 0 Å². The summed E-state index contributed by atoms with van der Waals surface area (Å²) in [6, 6.07) is 9.96. The van der Waals surface area contributed by atoms with Crippen molar-refractivity contribution < 1.29 is 9.47 Å². The highest BCUT2D eigenvalue weighted by Crippen LogP contribution is 2.66. The number of ether oxygens (including phenoxy) is 2. The molecule has 0 aromatic heterocycles. The van der Waals surface area contributed by atoms with Crippen molar-refractivity contribution in [3.8, 4) is 0 Å². The van der Waals surface area contributed by atoms with Gasteiger partial charge in [0.25, 0.3) is 0 Å². The Morgan fingerprint density at radius 2 is 1.69 bits per heavy atom. The Hall–Kier alpha value is -0.280. The highest BCUT2D eigenvalue weighted by atomic mass is 35.5. The molecule has 2 rings (SSSR count). The molecule has 1 aliphatic carbocycles. The molecule has 1 fully saturated rings. The smallest absolute Gasteiger partial charge is 0.163 e. The van der Waals surface area contributed by atoms with E-state index in [2.05, 4.69) is 0 Å². The highest BCUT2D eigenvalue weighted by molar-refractivity contribution is 6.52. The van der Waals surface area contributed by atoms with Gasteiger partial charge in [-0.1, -0.05) is 30.3 Å². The molecule has 2 nitrogen and oxygen atoms in total. The van der Waals surface area contributed by atoms with E-state index in [-0.39, 0.29) is 18.1 Å². The largest absolute Gasteiger partial charge is 0.355 e. The summed E-state index contributed by atoms with van der Waals surface area (Å²) in [5.74, 6) is 0.0511. The van der Waals surface area contributed by atoms with Crippen molar-refractivity contribution in [1.82, 2.24) is 0 Å². The predicted molar refractivity (Wildman–Crippen MR) is 64.9 cm³/mol. The number of halogens is 2. The molecule has 16 heavy (non-hydrogen) atoms. The molecule has 1 aromatic rings. The Bertz CT molecular complexity index is 349. The normalized spacial score (nSPS) is 27.1. The molecule has 0 spiro atoms. The van der Waals surface area contributed by atoms with Crippen LogP contribution < -0.4 is 0 Å². The van der Waals surface area contributed by atoms with Gasteiger partial charge in [-0.3, -0.25) is 0 Å². The Kier molecular flexibility index (Phi) is 3.45. The van der Waals surface area contributed by atoms with E-state index in [4.69, 9.17) is 32.7 Å². The number of hydrogen-bond donors (Lipinski definition) is 0. The number of rotatable bonds is 4. The van der Waals surface area contributed by atoms with Crippen LogP contribution in [0.3, 0.4) is 0 Å². The van der Waals surface area contributed by atoms with Gasteiger partial charge in [0.15, 0.2) is 6.29 Å². The van der Waals surface area contributed by atoms with Crippen molar-refractivity contribution in [2.75, 3.05) is 14.2 Å². The van der Waals surface area contributed by atoms with E-state index in [0.29, 0.717) is 0 Å². The highest BCUT2D eigenvalue weighted by Gasteiger charge is 2.67. The summed E-state index contributed by atoms with van der Waals surface area (Å²) in [4.78, 5) is 0. The van der Waals surface area contributed by atoms with Gasteiger partial charge in [-0.25, -0.2) is 0 Å². The summed E-state index contributed by atoms with van der Waals surface area (Å²) >= 11 is 12.5. The molecule has 0 heterocycles. The van der Waals surface area contributed by atoms with Crippen LogP contribution in [0, 0.1) is 5.92 Å². The SMILES string of the molecule is COC(OC)[C@H]1[C@H](c2ccccc2)C1(Cl)Cl. The van der Waals surface area contributed by atoms with Crippen LogP contribution in [0.1, 0.15) is 11.5 Å². The second-order valence-electron chi connectivity index (χ2n) is 3.93. The number of alkyl halides is 2. The molecule has 0 radical (unpaired) electrons. The third-order valence-electron chi connectivity index (χ3n) is 3.03. The Balaban J connectivity index is 2.19. The molecule has 4 heteroatoms. The van der Waals surface area contributed by atoms with Gasteiger partial charge in [-0.05, 0) is 5.56 Å². The molecular formula is C12H14Cl2O2. The lowest BCUT2D eigenvalue weighted by molar-refractivity contribution is -0.117. The van der Waals surface area contributed by atoms with Gasteiger partial charge >= 0.3 is 0 Å². The maximum Gasteiger partial charge on any atom is 0.163 e. The minimum Gasteiger partial charge on any atom is -0.355 e. The summed E-state index contributed by atoms with van der Waals surface area (Å²) in [7, 11) is 3.19. The molecule has 0 amide bonds. The van der Waals surface area contributed by atoms with E-state index in [9.17, 15) is 0 Å². The van der Waals surface area contributed by atoms with Crippen molar-refractivity contribution in [1.29, 1.82) is 0 Å². The summed E-state index contributed by atoms with van der Waals surface area (Å²) < 4.78 is 9.65. The minimum atomic E-state index is -0.794. The molecule has 1 aromatic carbocycles. The van der Waals surface area contributed by atoms with Crippen LogP contribution in [0.2, 0.25) is 0 Å². The van der Waals surface area contributed by atoms with E-state index in [1.54, 1.807) is 14.2 Å². The van der Waals surface area contributed by atoms with Crippen LogP contribution in [0.15, 0.2) is 30.3 Å². The van der Waals surface area contributed by atoms with Crippen LogP contribution in [-0.4, -0.2) is 24.8 Å². The Labute approximate surface area is 105 Å². The van der Waals surface area contributed by atoms with Gasteiger partial charge in [-0.15, -0.1) is 23.2 Å². The fourth-order valence-electron chi connectivity index (χ4n) is 2.17. The van der Waals surface area contributed by atoms with E-state index in [0.717, 1.165) is 5.56 Å². The summed E-state index contributed by atoms with van der Waals surface area (Å²) in [5.41, 5.74) is 1.12. The molecule has 1 saturated carbocycles. The van der Waals surface area contributed by atoms with Crippen molar-refractivity contribution in [3.05, 3.63) is 35.9 Å². The summed E-state index contributed by atoms with van der Waals surface area (Å²) in [5, 5.41) is 0. The molecule has 0 saturated heterocycles. The maximum absolute atomic E-state index is 6.27. The van der Waals surface area contributed by atoms with Crippen molar-refractivity contribution in [3.63, 3.8) is 0 Å². The Morgan fingerprint density at radius 1 is 1.12 bits per heavy atom. The zero-order valence-electron chi connectivity index (χ0n) is 9.19. The molecule has 2 atom stereocenters. The van der Waals surface area contributed by atoms with Crippen molar-refractivity contribution in [2.45, 2.75) is 16.5 Å². The first-order valence-electron chi connectivity index (χ1n) is 5.11. The van der Waals surface area contributed by atoms with Crippen molar-refractivity contribution in [2.24, 2.45) is 5.92 Å². The molecule has 0 unspecified atom stereocenters. The number of methoxy groups -OCH3 is 2. The zero-order valence-corrected chi connectivity index (χ0v) is 10.7. The average molecular weight is 261 g/mol. The Morgan fingerprint density at radius 3 is 2.19 bits per heavy atom. The monoisotopic (exact) mass is 260 g/mol. The first kappa shape index (κ1) is 12.2. The standard InChI is InChI=1S/C12H14Cl2O2/c1-15-11(16-2)10-9(12(10,13)14)8-6-4-3-5-7-8/h3-7,9-11H,1-2H3/t9-,10+/m0/s1. The third kappa shape index (κ3) is 1.95. The summed E-state index contributed by atoms with van der Waals surface area (Å²) in [6.45, 7) is 0. The van der Waals surface area contributed by atoms with E-state index in [1.807, 2.05) is 30.3 Å². The van der Waals surface area contributed by atoms with Crippen LogP contribution >= 0.6 is 23.2 Å². The lowest BCUT2D eigenvalue weighted by atomic mass is 10.1. The van der Waals surface area contributed by atoms with Gasteiger partial charge in [0, 0.05) is 20.1 Å². The zero-order chi connectivity index (χ0) is 11.8. The second-order valence-corrected chi connectivity index (χ2v) is 5.37. The second kappa shape index (κ2) is 4.53. The topological polar surface area (TPSA) is 18.5 Å². The van der Waals surface area contributed by atoms with Gasteiger partial charge in [-0.2, -0.15) is 0 Å². The van der Waals surface area contributed by atoms with Crippen LogP contribution in [0.5, 0.6) is 0 Å². The van der Waals surface area contributed by atoms with Crippen LogP contribution in [0.25, 0.3) is 0 Å². The molecule has 0 N–H and O–H groups in total. The lowest BCUT2D eigenvalue weighted by Crippen LogP contribution is -2.18. The molecule has 0 aliphatic heterocycles. The number of benzene rings is 1. The first-order valence-corrected chi connectivity index (χ1v) is 5.87. The van der Waals surface area contributed by atoms with E-state index >= 15 is 0 Å². The minimum absolute atomic E-state index is 0.0202. The van der Waals surface area contributed by atoms with E-state index in [1.165, 1.54) is 0 Å². The summed E-state index contributed by atoms with van der Waals surface area (Å²) in [6.07, 6.45) is -0.361. The average Bonchev–Trinajstić information content (AvgIpc) is 2.85. The molecule has 88 valence electrons. The van der Waals surface area contributed by atoms with Gasteiger partial charge in [0.05, 0.1) is 5.92 Å². The number of hydrogen-bond acceptors (Lipinski definition) is 2. The quantitative estimate of drug-likeness (QED) is 0.612. The third-order valence-corrected chi connectivity index (χ3v) is 4.00. The van der Waals surface area contributed by atoms with Gasteiger partial charge < -0.3 is 9.47 Å². The van der Waals surface area contributed by atoms with Crippen molar-refractivity contribution >= 4 is 23.2 Å². The molecule has 1 aliphatic rings. The van der Waals surface area contributed by atoms with Gasteiger partial charge in [0.1, 0.15) is 4.33 Å². The fourth-order valence-corrected chi connectivity index (χ4v) is 3.02. The lowest BCUT2D eigenvalue weighted by Gasteiger charge is -2.13. The van der Waals surface area contributed by atoms with E-state index < -0.39 is 4.33 Å². The van der Waals surface area contributed by atoms with Crippen LogP contribution in [0.4, 0.5) is 0 Å². The van der Waals surface area contributed by atoms with Crippen LogP contribution in [-0.2, 0) is 9.47 Å². The predicted octanol–water partition coefficient (Wildman–Crippen LogP) is 3.19. The fraction of sp³-hybridized carbons (Fsp3) is 0.500. The first-order chi connectivity index (χ1) is 7.62. The molecular weight excluding hydrogens is 247 g/mol. The maximum atomic E-state index is 6.27. The molecule has 0 bridgehead atoms.